The summed E-state index contributed by atoms with van der Waals surface area (Å²) in [5, 5.41) is 31.4. The molecule has 1 heterocycles. The maximum absolute atomic E-state index is 13.1. The molecular weight excluding hydrogens is 925 g/mol. The average Bonchev–Trinajstić information content (AvgIpc) is 3.37. The number of carboxylic acid groups (broad SMARTS) is 1. The van der Waals surface area contributed by atoms with Crippen molar-refractivity contribution in [1.82, 2.24) is 0 Å². The normalized spacial score (nSPS) is 18.9. The van der Waals surface area contributed by atoms with Crippen molar-refractivity contribution in [3.05, 3.63) is 85.1 Å². The Hall–Kier alpha value is -4.10. The Morgan fingerprint density at radius 2 is 0.863 bits per heavy atom. The second kappa shape index (κ2) is 48.8. The number of ether oxygens (including phenoxy) is 5. The summed E-state index contributed by atoms with van der Waals surface area (Å²) in [7, 11) is 0. The van der Waals surface area contributed by atoms with Crippen LogP contribution in [0.1, 0.15) is 226 Å². The summed E-state index contributed by atoms with van der Waals surface area (Å²) in [6.45, 7) is 5.71. The number of esters is 3. The number of aliphatic hydroxyl groups is 2. The van der Waals surface area contributed by atoms with E-state index in [4.69, 9.17) is 23.7 Å². The van der Waals surface area contributed by atoms with E-state index in [0.29, 0.717) is 19.3 Å². The van der Waals surface area contributed by atoms with Crippen molar-refractivity contribution in [3.63, 3.8) is 0 Å². The Kier molecular flexibility index (Phi) is 44.7. The summed E-state index contributed by atoms with van der Waals surface area (Å²) in [5.41, 5.74) is 0. The topological polar surface area (TPSA) is 175 Å². The van der Waals surface area contributed by atoms with Crippen LogP contribution in [0.15, 0.2) is 85.1 Å². The molecule has 1 fully saturated rings. The molecule has 0 aliphatic carbocycles. The first-order chi connectivity index (χ1) is 35.6. The smallest absolute Gasteiger partial charge is 0.335 e. The number of rotatable bonds is 47. The van der Waals surface area contributed by atoms with Crippen LogP contribution in [0.4, 0.5) is 0 Å². The summed E-state index contributed by atoms with van der Waals surface area (Å²) in [6, 6.07) is 0. The van der Waals surface area contributed by atoms with E-state index in [9.17, 15) is 34.5 Å². The van der Waals surface area contributed by atoms with Gasteiger partial charge in [0.1, 0.15) is 18.8 Å². The third-order valence-corrected chi connectivity index (χ3v) is 12.5. The van der Waals surface area contributed by atoms with Crippen molar-refractivity contribution in [1.29, 1.82) is 0 Å². The zero-order valence-corrected chi connectivity index (χ0v) is 45.6. The highest BCUT2D eigenvalue weighted by Gasteiger charge is 2.50. The monoisotopic (exact) mass is 1020 g/mol. The Bertz CT molecular complexity index is 1590. The van der Waals surface area contributed by atoms with Gasteiger partial charge in [0.15, 0.2) is 24.6 Å². The molecule has 0 bridgehead atoms. The van der Waals surface area contributed by atoms with E-state index in [1.54, 1.807) is 0 Å². The van der Waals surface area contributed by atoms with E-state index in [0.717, 1.165) is 122 Å². The van der Waals surface area contributed by atoms with Gasteiger partial charge in [0.2, 0.25) is 0 Å². The highest BCUT2D eigenvalue weighted by atomic mass is 16.7. The lowest BCUT2D eigenvalue weighted by molar-refractivity contribution is -0.301. The zero-order chi connectivity index (χ0) is 53.3. The number of carbonyl (C=O) groups excluding carboxylic acids is 3. The maximum atomic E-state index is 13.1. The lowest BCUT2D eigenvalue weighted by atomic mass is 9.98. The average molecular weight is 1030 g/mol. The Morgan fingerprint density at radius 3 is 1.33 bits per heavy atom. The summed E-state index contributed by atoms with van der Waals surface area (Å²) >= 11 is 0. The van der Waals surface area contributed by atoms with Gasteiger partial charge in [0, 0.05) is 19.3 Å². The van der Waals surface area contributed by atoms with Crippen LogP contribution >= 0.6 is 0 Å². The van der Waals surface area contributed by atoms with Crippen molar-refractivity contribution >= 4 is 23.9 Å². The SMILES string of the molecule is CC/C=C\C/C=C\C/C=C\C/C=C\CCCCCCCCC(=O)OC1C(OCC(COC(=O)CCCCC/C=C\C/C=C\C/C=C\CC)OC(=O)CCCCCCCCCCCCC)OC(C(=O)O)C(O)C1O. The molecule has 12 nitrogen and oxygen atoms in total. The molecule has 0 amide bonds. The maximum Gasteiger partial charge on any atom is 0.335 e. The predicted octanol–water partition coefficient (Wildman–Crippen LogP) is 14.3. The predicted molar refractivity (Wildman–Crippen MR) is 294 cm³/mol. The van der Waals surface area contributed by atoms with Crippen LogP contribution in [-0.4, -0.2) is 89.2 Å². The number of aliphatic hydroxyl groups excluding tert-OH is 2. The number of unbranched alkanes of at least 4 members (excludes halogenated alkanes) is 19. The molecule has 6 unspecified atom stereocenters. The van der Waals surface area contributed by atoms with Crippen LogP contribution in [0.3, 0.4) is 0 Å². The molecule has 1 rings (SSSR count). The highest BCUT2D eigenvalue weighted by Crippen LogP contribution is 2.26. The largest absolute Gasteiger partial charge is 0.479 e. The van der Waals surface area contributed by atoms with Crippen molar-refractivity contribution in [2.24, 2.45) is 0 Å². The number of aliphatic carboxylic acids is 1. The summed E-state index contributed by atoms with van der Waals surface area (Å²) in [5.74, 6) is -3.18. The van der Waals surface area contributed by atoms with Gasteiger partial charge in [-0.2, -0.15) is 0 Å². The summed E-state index contributed by atoms with van der Waals surface area (Å²) in [6.07, 6.45) is 49.9. The Balaban J connectivity index is 2.70. The molecule has 73 heavy (non-hydrogen) atoms. The van der Waals surface area contributed by atoms with Crippen molar-refractivity contribution in [2.75, 3.05) is 13.2 Å². The minimum atomic E-state index is -1.91. The Morgan fingerprint density at radius 1 is 0.466 bits per heavy atom. The van der Waals surface area contributed by atoms with Gasteiger partial charge in [-0.05, 0) is 89.9 Å². The number of allylic oxidation sites excluding steroid dienone is 14. The van der Waals surface area contributed by atoms with Crippen LogP contribution in [0.5, 0.6) is 0 Å². The highest BCUT2D eigenvalue weighted by molar-refractivity contribution is 5.74. The van der Waals surface area contributed by atoms with Gasteiger partial charge in [0.25, 0.3) is 0 Å². The lowest BCUT2D eigenvalue weighted by Crippen LogP contribution is -2.61. The summed E-state index contributed by atoms with van der Waals surface area (Å²) < 4.78 is 28.3. The van der Waals surface area contributed by atoms with Crippen LogP contribution in [0, 0.1) is 0 Å². The quantitative estimate of drug-likeness (QED) is 0.0228. The van der Waals surface area contributed by atoms with Gasteiger partial charge in [-0.1, -0.05) is 202 Å². The first-order valence-corrected chi connectivity index (χ1v) is 28.6. The molecule has 12 heteroatoms. The van der Waals surface area contributed by atoms with E-state index in [2.05, 4.69) is 106 Å². The number of carboxylic acids is 1. The van der Waals surface area contributed by atoms with Gasteiger partial charge in [-0.3, -0.25) is 14.4 Å². The minimum Gasteiger partial charge on any atom is -0.479 e. The molecule has 0 aromatic heterocycles. The molecule has 0 aromatic rings. The van der Waals surface area contributed by atoms with E-state index >= 15 is 0 Å². The van der Waals surface area contributed by atoms with Gasteiger partial charge in [-0.15, -0.1) is 0 Å². The van der Waals surface area contributed by atoms with Crippen LogP contribution < -0.4 is 0 Å². The fourth-order valence-corrected chi connectivity index (χ4v) is 8.14. The molecule has 1 aliphatic rings. The molecule has 3 N–H and O–H groups in total. The van der Waals surface area contributed by atoms with Crippen molar-refractivity contribution in [3.8, 4) is 0 Å². The van der Waals surface area contributed by atoms with Gasteiger partial charge < -0.3 is 39.0 Å². The second-order valence-corrected chi connectivity index (χ2v) is 19.2. The van der Waals surface area contributed by atoms with Crippen LogP contribution in [0.25, 0.3) is 0 Å². The summed E-state index contributed by atoms with van der Waals surface area (Å²) in [4.78, 5) is 51.0. The van der Waals surface area contributed by atoms with Crippen LogP contribution in [-0.2, 0) is 42.9 Å². The molecule has 0 spiro atoms. The molecule has 0 radical (unpaired) electrons. The molecule has 0 saturated carbocycles. The molecule has 0 aromatic carbocycles. The Labute approximate surface area is 441 Å². The van der Waals surface area contributed by atoms with E-state index < -0.39 is 67.3 Å². The van der Waals surface area contributed by atoms with E-state index in [1.165, 1.54) is 44.9 Å². The number of hydrogen-bond acceptors (Lipinski definition) is 11. The fraction of sp³-hybridized carbons (Fsp3) is 0.705. The van der Waals surface area contributed by atoms with Crippen LogP contribution in [0.2, 0.25) is 0 Å². The van der Waals surface area contributed by atoms with Gasteiger partial charge >= 0.3 is 23.9 Å². The first kappa shape index (κ1) is 66.9. The van der Waals surface area contributed by atoms with Crippen molar-refractivity contribution in [2.45, 2.75) is 263 Å². The third-order valence-electron chi connectivity index (χ3n) is 12.5. The van der Waals surface area contributed by atoms with Gasteiger partial charge in [0.05, 0.1) is 6.61 Å². The third kappa shape index (κ3) is 39.0. The van der Waals surface area contributed by atoms with E-state index in [1.807, 2.05) is 0 Å². The first-order valence-electron chi connectivity index (χ1n) is 28.6. The second-order valence-electron chi connectivity index (χ2n) is 19.2. The minimum absolute atomic E-state index is 0.0390. The lowest BCUT2D eigenvalue weighted by Gasteiger charge is -2.40. The molecule has 1 saturated heterocycles. The fourth-order valence-electron chi connectivity index (χ4n) is 8.14. The number of hydrogen-bond donors (Lipinski definition) is 3. The standard InChI is InChI=1S/C61H100O12/c1-4-7-10-13-16-19-22-24-25-26-27-28-29-31-34-37-40-43-46-49-55(64)72-59-57(66)56(65)58(60(67)68)73-61(59)70-51-52(71-54(63)48-45-42-39-36-32-21-18-15-12-9-6-3)50-69-53(62)47-44-41-38-35-33-30-23-20-17-14-11-8-5-2/h7-8,10-11,16-17,19-20,24-25,27-28,30,33,52,56-59,61,65-66H,4-6,9,12-15,18,21-23,26,29,31-32,34-51H2,1-3H3,(H,67,68)/b10-7-,11-8-,19-16-,20-17-,25-24-,28-27-,33-30-. The van der Waals surface area contributed by atoms with E-state index in [-0.39, 0.29) is 25.9 Å². The molecule has 1 aliphatic heterocycles. The van der Waals surface area contributed by atoms with Gasteiger partial charge in [-0.25, -0.2) is 4.79 Å². The molecular formula is C61H100O12. The zero-order valence-electron chi connectivity index (χ0n) is 45.6. The molecule has 6 atom stereocenters. The molecule has 416 valence electrons. The van der Waals surface area contributed by atoms with Crippen molar-refractivity contribution < 1.29 is 58.2 Å². The number of carbonyl (C=O) groups is 4.